The molecule has 1 N–H and O–H groups in total. The van der Waals surface area contributed by atoms with Gasteiger partial charge >= 0.3 is 0 Å². The van der Waals surface area contributed by atoms with Crippen LogP contribution in [0.1, 0.15) is 60.2 Å². The molecule has 168 valence electrons. The number of rotatable bonds is 4. The minimum atomic E-state index is -0.252. The van der Waals surface area contributed by atoms with E-state index in [0.717, 1.165) is 47.5 Å². The van der Waals surface area contributed by atoms with E-state index >= 15 is 0 Å². The number of aryl methyl sites for hydroxylation is 1. The van der Waals surface area contributed by atoms with Gasteiger partial charge in [-0.1, -0.05) is 39.0 Å². The Bertz CT molecular complexity index is 1330. The van der Waals surface area contributed by atoms with Crippen LogP contribution in [0.25, 0.3) is 11.6 Å². The molecule has 3 heterocycles. The van der Waals surface area contributed by atoms with E-state index in [-0.39, 0.29) is 11.3 Å². The summed E-state index contributed by atoms with van der Waals surface area (Å²) in [7, 11) is 0. The third kappa shape index (κ3) is 3.82. The highest BCUT2D eigenvalue weighted by Crippen LogP contribution is 2.30. The van der Waals surface area contributed by atoms with Crippen molar-refractivity contribution in [2.45, 2.75) is 52.4 Å². The summed E-state index contributed by atoms with van der Waals surface area (Å²) in [5.41, 5.74) is 5.36. The van der Waals surface area contributed by atoms with Gasteiger partial charge in [0.25, 0.3) is 11.9 Å². The Morgan fingerprint density at radius 1 is 1.00 bits per heavy atom. The average Bonchev–Trinajstić information content (AvgIpc) is 3.50. The predicted molar refractivity (Wildman–Crippen MR) is 126 cm³/mol. The maximum absolute atomic E-state index is 13.5. The summed E-state index contributed by atoms with van der Waals surface area (Å²) in [6.45, 7) is 8.29. The molecule has 0 unspecified atom stereocenters. The van der Waals surface area contributed by atoms with Gasteiger partial charge in [0.15, 0.2) is 5.69 Å². The Hall–Kier alpha value is -3.81. The van der Waals surface area contributed by atoms with Crippen molar-refractivity contribution >= 4 is 11.7 Å². The molecule has 1 amide bonds. The molecule has 1 aliphatic rings. The molecule has 8 heteroatoms. The fourth-order valence-electron chi connectivity index (χ4n) is 4.19. The Kier molecular flexibility index (Phi) is 5.08. The molecule has 1 aliphatic carbocycles. The number of para-hydroxylation sites is 1. The third-order valence-corrected chi connectivity index (χ3v) is 5.95. The van der Waals surface area contributed by atoms with Crippen molar-refractivity contribution in [3.05, 3.63) is 77.0 Å². The maximum atomic E-state index is 13.5. The highest BCUT2D eigenvalue weighted by Gasteiger charge is 2.29. The van der Waals surface area contributed by atoms with Gasteiger partial charge in [-0.15, -0.1) is 0 Å². The standard InChI is InChI=1S/C25H27N7O/c1-16-9-5-6-11-18(16)31-19-12-7-10-17(19)22(30-31)23(33)28-21-15-20(25(2,3)4)29-32(21)24-26-13-8-14-27-24/h5-6,8-9,11,13-15H,7,10,12H2,1-4H3,(H,28,33). The minimum Gasteiger partial charge on any atom is -0.305 e. The van der Waals surface area contributed by atoms with Crippen LogP contribution < -0.4 is 5.32 Å². The van der Waals surface area contributed by atoms with Crippen LogP contribution in [0.5, 0.6) is 0 Å². The van der Waals surface area contributed by atoms with Gasteiger partial charge in [0.2, 0.25) is 0 Å². The summed E-state index contributed by atoms with van der Waals surface area (Å²) < 4.78 is 3.52. The van der Waals surface area contributed by atoms with Crippen LogP contribution in [0, 0.1) is 6.92 Å². The lowest BCUT2D eigenvalue weighted by atomic mass is 9.92. The van der Waals surface area contributed by atoms with Crippen molar-refractivity contribution in [2.75, 3.05) is 5.32 Å². The number of hydrogen-bond acceptors (Lipinski definition) is 5. The van der Waals surface area contributed by atoms with Gasteiger partial charge in [-0.2, -0.15) is 14.9 Å². The number of carbonyl (C=O) groups excluding carboxylic acids is 1. The molecular formula is C25H27N7O. The van der Waals surface area contributed by atoms with E-state index in [0.29, 0.717) is 17.5 Å². The third-order valence-electron chi connectivity index (χ3n) is 5.95. The molecule has 0 spiro atoms. The highest BCUT2D eigenvalue weighted by atomic mass is 16.2. The SMILES string of the molecule is Cc1ccccc1-n1nc(C(=O)Nc2cc(C(C)(C)C)nn2-c2ncccn2)c2c1CCC2. The van der Waals surface area contributed by atoms with Crippen LogP contribution in [-0.4, -0.2) is 35.4 Å². The second kappa shape index (κ2) is 7.95. The monoisotopic (exact) mass is 441 g/mol. The predicted octanol–water partition coefficient (Wildman–Crippen LogP) is 4.19. The number of nitrogens with zero attached hydrogens (tertiary/aromatic N) is 6. The fraction of sp³-hybridized carbons (Fsp3) is 0.320. The molecule has 0 atom stereocenters. The molecule has 0 saturated carbocycles. The van der Waals surface area contributed by atoms with E-state index in [4.69, 9.17) is 5.10 Å². The van der Waals surface area contributed by atoms with Crippen molar-refractivity contribution in [3.8, 4) is 11.6 Å². The van der Waals surface area contributed by atoms with Crippen LogP contribution in [0.2, 0.25) is 0 Å². The molecule has 0 saturated heterocycles. The van der Waals surface area contributed by atoms with E-state index in [9.17, 15) is 4.79 Å². The largest absolute Gasteiger partial charge is 0.305 e. The van der Waals surface area contributed by atoms with Crippen molar-refractivity contribution in [1.82, 2.24) is 29.5 Å². The molecule has 33 heavy (non-hydrogen) atoms. The second-order valence-corrected chi connectivity index (χ2v) is 9.41. The van der Waals surface area contributed by atoms with Crippen LogP contribution in [0.4, 0.5) is 5.82 Å². The number of benzene rings is 1. The van der Waals surface area contributed by atoms with Crippen molar-refractivity contribution in [3.63, 3.8) is 0 Å². The highest BCUT2D eigenvalue weighted by molar-refractivity contribution is 6.04. The number of nitrogens with one attached hydrogen (secondary N) is 1. The van der Waals surface area contributed by atoms with Crippen LogP contribution in [0.15, 0.2) is 48.8 Å². The number of amides is 1. The first-order chi connectivity index (χ1) is 15.8. The summed E-state index contributed by atoms with van der Waals surface area (Å²) in [5, 5.41) is 12.5. The summed E-state index contributed by atoms with van der Waals surface area (Å²) in [6, 6.07) is 11.7. The first kappa shape index (κ1) is 21.1. The number of aromatic nitrogens is 6. The summed E-state index contributed by atoms with van der Waals surface area (Å²) >= 11 is 0. The molecule has 0 aliphatic heterocycles. The molecule has 0 bridgehead atoms. The van der Waals surface area contributed by atoms with Crippen LogP contribution in [0.3, 0.4) is 0 Å². The van der Waals surface area contributed by atoms with Crippen LogP contribution >= 0.6 is 0 Å². The van der Waals surface area contributed by atoms with Gasteiger partial charge in [0.05, 0.1) is 11.4 Å². The zero-order valence-electron chi connectivity index (χ0n) is 19.3. The molecule has 3 aromatic heterocycles. The number of anilines is 1. The molecule has 8 nitrogen and oxygen atoms in total. The number of hydrogen-bond donors (Lipinski definition) is 1. The molecule has 5 rings (SSSR count). The molecular weight excluding hydrogens is 414 g/mol. The van der Waals surface area contributed by atoms with Gasteiger partial charge in [0, 0.05) is 35.1 Å². The van der Waals surface area contributed by atoms with Crippen LogP contribution in [-0.2, 0) is 18.3 Å². The zero-order valence-corrected chi connectivity index (χ0v) is 19.3. The fourth-order valence-corrected chi connectivity index (χ4v) is 4.19. The Morgan fingerprint density at radius 2 is 1.76 bits per heavy atom. The van der Waals surface area contributed by atoms with E-state index in [2.05, 4.69) is 54.1 Å². The number of fused-ring (bicyclic) bond motifs is 1. The van der Waals surface area contributed by atoms with Gasteiger partial charge in [-0.05, 0) is 43.9 Å². The van der Waals surface area contributed by atoms with Gasteiger partial charge in [0.1, 0.15) is 5.82 Å². The van der Waals surface area contributed by atoms with E-state index in [1.807, 2.05) is 28.9 Å². The van der Waals surface area contributed by atoms with Crippen molar-refractivity contribution < 1.29 is 4.79 Å². The quantitative estimate of drug-likeness (QED) is 0.513. The zero-order chi connectivity index (χ0) is 23.2. The minimum absolute atomic E-state index is 0.201. The normalized spacial score (nSPS) is 13.2. The molecule has 1 aromatic carbocycles. The Balaban J connectivity index is 1.55. The first-order valence-electron chi connectivity index (χ1n) is 11.2. The number of carbonyl (C=O) groups is 1. The van der Waals surface area contributed by atoms with E-state index in [1.54, 1.807) is 23.1 Å². The lowest BCUT2D eigenvalue weighted by Crippen LogP contribution is -2.18. The van der Waals surface area contributed by atoms with Gasteiger partial charge in [-0.25, -0.2) is 14.6 Å². The molecule has 0 fully saturated rings. The van der Waals surface area contributed by atoms with Gasteiger partial charge in [-0.3, -0.25) is 4.79 Å². The first-order valence-corrected chi connectivity index (χ1v) is 11.2. The summed E-state index contributed by atoms with van der Waals surface area (Å²) in [4.78, 5) is 22.1. The van der Waals surface area contributed by atoms with Gasteiger partial charge < -0.3 is 5.32 Å². The van der Waals surface area contributed by atoms with Crippen molar-refractivity contribution in [1.29, 1.82) is 0 Å². The Labute approximate surface area is 192 Å². The van der Waals surface area contributed by atoms with Crippen molar-refractivity contribution in [2.24, 2.45) is 0 Å². The molecule has 4 aromatic rings. The Morgan fingerprint density at radius 3 is 2.48 bits per heavy atom. The maximum Gasteiger partial charge on any atom is 0.277 e. The van der Waals surface area contributed by atoms with E-state index in [1.165, 1.54) is 0 Å². The lowest BCUT2D eigenvalue weighted by molar-refractivity contribution is 0.102. The second-order valence-electron chi connectivity index (χ2n) is 9.41. The lowest BCUT2D eigenvalue weighted by Gasteiger charge is -2.13. The smallest absolute Gasteiger partial charge is 0.277 e. The summed E-state index contributed by atoms with van der Waals surface area (Å²) in [6.07, 6.45) is 6.09. The topological polar surface area (TPSA) is 90.5 Å². The molecule has 0 radical (unpaired) electrons. The average molecular weight is 442 g/mol. The van der Waals surface area contributed by atoms with E-state index < -0.39 is 0 Å². The summed E-state index contributed by atoms with van der Waals surface area (Å²) in [5.74, 6) is 0.672.